The number of allylic oxidation sites excluding steroid dienone is 2. The maximum atomic E-state index is 12.2. The second-order valence-electron chi connectivity index (χ2n) is 10.2. The van der Waals surface area contributed by atoms with Crippen LogP contribution in [-0.2, 0) is 4.79 Å². The Morgan fingerprint density at radius 2 is 1.12 bits per heavy atom. The van der Waals surface area contributed by atoms with E-state index in [0.29, 0.717) is 12.8 Å². The molecule has 0 bridgehead atoms. The third-order valence-electron chi connectivity index (χ3n) is 6.78. The first-order chi connectivity index (χ1) is 16.7. The van der Waals surface area contributed by atoms with Gasteiger partial charge in [0.15, 0.2) is 0 Å². The van der Waals surface area contributed by atoms with Gasteiger partial charge in [0.1, 0.15) is 0 Å². The van der Waals surface area contributed by atoms with Gasteiger partial charge < -0.3 is 15.5 Å². The number of carbonyl (C=O) groups excluding carboxylic acids is 1. The number of nitrogens with one attached hydrogen (secondary N) is 1. The first-order valence-electron chi connectivity index (χ1n) is 14.9. The largest absolute Gasteiger partial charge is 0.394 e. The highest BCUT2D eigenvalue weighted by Crippen LogP contribution is 2.13. The molecule has 0 spiro atoms. The van der Waals surface area contributed by atoms with E-state index < -0.39 is 12.1 Å². The molecule has 0 aromatic heterocycles. The van der Waals surface area contributed by atoms with Gasteiger partial charge in [0.2, 0.25) is 5.91 Å². The molecular formula is C30H59NO3. The molecule has 0 rings (SSSR count). The summed E-state index contributed by atoms with van der Waals surface area (Å²) in [6, 6.07) is -0.532. The van der Waals surface area contributed by atoms with Crippen molar-refractivity contribution in [3.63, 3.8) is 0 Å². The van der Waals surface area contributed by atoms with E-state index in [4.69, 9.17) is 0 Å². The Balaban J connectivity index is 3.64. The number of unbranched alkanes of at least 4 members (excludes halogenated alkanes) is 17. The second-order valence-corrected chi connectivity index (χ2v) is 10.2. The molecule has 2 unspecified atom stereocenters. The average Bonchev–Trinajstić information content (AvgIpc) is 2.84. The molecule has 0 aliphatic heterocycles. The smallest absolute Gasteiger partial charge is 0.220 e. The average molecular weight is 482 g/mol. The second kappa shape index (κ2) is 26.7. The van der Waals surface area contributed by atoms with E-state index in [2.05, 4.69) is 31.3 Å². The number of hydrogen-bond acceptors (Lipinski definition) is 3. The minimum atomic E-state index is -0.655. The van der Waals surface area contributed by atoms with Crippen LogP contribution in [0.5, 0.6) is 0 Å². The van der Waals surface area contributed by atoms with Crippen LogP contribution >= 0.6 is 0 Å². The molecular weight excluding hydrogens is 422 g/mol. The Kier molecular flexibility index (Phi) is 26.0. The maximum Gasteiger partial charge on any atom is 0.220 e. The van der Waals surface area contributed by atoms with Crippen molar-refractivity contribution in [1.82, 2.24) is 5.32 Å². The van der Waals surface area contributed by atoms with Crippen LogP contribution in [0.3, 0.4) is 0 Å². The number of amides is 1. The highest BCUT2D eigenvalue weighted by atomic mass is 16.3. The Labute approximate surface area is 212 Å². The molecule has 202 valence electrons. The molecule has 0 heterocycles. The minimum Gasteiger partial charge on any atom is -0.394 e. The molecule has 3 N–H and O–H groups in total. The quantitative estimate of drug-likeness (QED) is 0.0865. The van der Waals surface area contributed by atoms with Gasteiger partial charge in [-0.2, -0.15) is 0 Å². The van der Waals surface area contributed by atoms with Gasteiger partial charge in [0.25, 0.3) is 0 Å². The fourth-order valence-electron chi connectivity index (χ4n) is 4.41. The van der Waals surface area contributed by atoms with Crippen molar-refractivity contribution in [1.29, 1.82) is 0 Å². The standard InChI is InChI=1S/C30H59NO3/c1-3-5-7-9-11-13-15-16-18-20-22-24-26-30(34)31-28(27-32)29(33)25-23-21-19-17-14-12-10-8-6-4-2/h11,13,28-29,32-33H,3-10,12,14-27H2,1-2H3,(H,31,34)/b13-11-. The highest BCUT2D eigenvalue weighted by Gasteiger charge is 2.19. The Morgan fingerprint density at radius 1 is 0.676 bits per heavy atom. The van der Waals surface area contributed by atoms with Gasteiger partial charge >= 0.3 is 0 Å². The van der Waals surface area contributed by atoms with Crippen LogP contribution in [0.1, 0.15) is 155 Å². The zero-order chi connectivity index (χ0) is 25.1. The van der Waals surface area contributed by atoms with Crippen LogP contribution in [-0.4, -0.2) is 34.9 Å². The zero-order valence-corrected chi connectivity index (χ0v) is 22.9. The lowest BCUT2D eigenvalue weighted by Crippen LogP contribution is -2.45. The third-order valence-corrected chi connectivity index (χ3v) is 6.78. The summed E-state index contributed by atoms with van der Waals surface area (Å²) >= 11 is 0. The van der Waals surface area contributed by atoms with Crippen LogP contribution in [0.4, 0.5) is 0 Å². The number of aliphatic hydroxyl groups is 2. The van der Waals surface area contributed by atoms with E-state index in [9.17, 15) is 15.0 Å². The first-order valence-corrected chi connectivity index (χ1v) is 14.9. The fraction of sp³-hybridized carbons (Fsp3) is 0.900. The monoisotopic (exact) mass is 481 g/mol. The summed E-state index contributed by atoms with van der Waals surface area (Å²) in [4.78, 5) is 12.2. The van der Waals surface area contributed by atoms with Gasteiger partial charge in [-0.1, -0.05) is 122 Å². The summed E-state index contributed by atoms with van der Waals surface area (Å²) in [5, 5.41) is 22.8. The Bertz CT molecular complexity index is 452. The van der Waals surface area contributed by atoms with Crippen molar-refractivity contribution in [3.05, 3.63) is 12.2 Å². The zero-order valence-electron chi connectivity index (χ0n) is 22.9. The molecule has 4 heteroatoms. The first kappa shape index (κ1) is 33.1. The number of hydrogen-bond donors (Lipinski definition) is 3. The van der Waals surface area contributed by atoms with Crippen LogP contribution in [0.15, 0.2) is 12.2 Å². The van der Waals surface area contributed by atoms with Crippen molar-refractivity contribution in [2.24, 2.45) is 0 Å². The summed E-state index contributed by atoms with van der Waals surface area (Å²) in [7, 11) is 0. The molecule has 0 aliphatic rings. The molecule has 0 radical (unpaired) electrons. The van der Waals surface area contributed by atoms with Crippen LogP contribution in [0, 0.1) is 0 Å². The van der Waals surface area contributed by atoms with Crippen molar-refractivity contribution >= 4 is 5.91 Å². The summed E-state index contributed by atoms with van der Waals surface area (Å²) in [6.07, 6.45) is 29.6. The van der Waals surface area contributed by atoms with Gasteiger partial charge in [0, 0.05) is 6.42 Å². The third kappa shape index (κ3) is 22.9. The van der Waals surface area contributed by atoms with Crippen molar-refractivity contribution in [2.45, 2.75) is 167 Å². The molecule has 0 aromatic rings. The van der Waals surface area contributed by atoms with E-state index >= 15 is 0 Å². The Morgan fingerprint density at radius 3 is 1.68 bits per heavy atom. The Hall–Kier alpha value is -0.870. The molecule has 2 atom stereocenters. The SMILES string of the molecule is CCCCC/C=C\CCCCCCCC(=O)NC(CO)C(O)CCCCCCCCCCCC. The minimum absolute atomic E-state index is 0.0452. The molecule has 4 nitrogen and oxygen atoms in total. The lowest BCUT2D eigenvalue weighted by Gasteiger charge is -2.22. The molecule has 0 aromatic carbocycles. The van der Waals surface area contributed by atoms with Gasteiger partial charge in [-0.15, -0.1) is 0 Å². The molecule has 0 aliphatic carbocycles. The molecule has 0 fully saturated rings. The van der Waals surface area contributed by atoms with Crippen molar-refractivity contribution < 1.29 is 15.0 Å². The van der Waals surface area contributed by atoms with E-state index in [-0.39, 0.29) is 12.5 Å². The molecule has 0 saturated carbocycles. The number of rotatable bonds is 26. The van der Waals surface area contributed by atoms with E-state index in [1.54, 1.807) is 0 Å². The highest BCUT2D eigenvalue weighted by molar-refractivity contribution is 5.76. The molecule has 0 saturated heterocycles. The van der Waals surface area contributed by atoms with Gasteiger partial charge in [-0.3, -0.25) is 4.79 Å². The lowest BCUT2D eigenvalue weighted by molar-refractivity contribution is -0.123. The lowest BCUT2D eigenvalue weighted by atomic mass is 10.0. The molecule has 1 amide bonds. The van der Waals surface area contributed by atoms with E-state index in [1.165, 1.54) is 103 Å². The van der Waals surface area contributed by atoms with E-state index in [1.807, 2.05) is 0 Å². The van der Waals surface area contributed by atoms with Gasteiger partial charge in [0.05, 0.1) is 18.8 Å². The van der Waals surface area contributed by atoms with Gasteiger partial charge in [-0.05, 0) is 38.5 Å². The predicted octanol–water partition coefficient (Wildman–Crippen LogP) is 8.00. The van der Waals surface area contributed by atoms with Crippen molar-refractivity contribution in [3.8, 4) is 0 Å². The maximum absolute atomic E-state index is 12.2. The topological polar surface area (TPSA) is 69.6 Å². The van der Waals surface area contributed by atoms with Crippen LogP contribution < -0.4 is 5.32 Å². The summed E-state index contributed by atoms with van der Waals surface area (Å²) in [6.45, 7) is 4.29. The van der Waals surface area contributed by atoms with E-state index in [0.717, 1.165) is 25.7 Å². The van der Waals surface area contributed by atoms with Crippen LogP contribution in [0.2, 0.25) is 0 Å². The molecule has 34 heavy (non-hydrogen) atoms. The van der Waals surface area contributed by atoms with Crippen molar-refractivity contribution in [2.75, 3.05) is 6.61 Å². The fourth-order valence-corrected chi connectivity index (χ4v) is 4.41. The number of carbonyl (C=O) groups is 1. The normalized spacial score (nSPS) is 13.4. The summed E-state index contributed by atoms with van der Waals surface area (Å²) in [5.74, 6) is -0.0452. The predicted molar refractivity (Wildman–Crippen MR) is 147 cm³/mol. The summed E-state index contributed by atoms with van der Waals surface area (Å²) < 4.78 is 0. The van der Waals surface area contributed by atoms with Crippen LogP contribution in [0.25, 0.3) is 0 Å². The van der Waals surface area contributed by atoms with Gasteiger partial charge in [-0.25, -0.2) is 0 Å². The number of aliphatic hydroxyl groups excluding tert-OH is 2. The summed E-state index contributed by atoms with van der Waals surface area (Å²) in [5.41, 5.74) is 0.